The zero-order valence-corrected chi connectivity index (χ0v) is 10.7. The molecule has 1 amide bonds. The topological polar surface area (TPSA) is 67.2 Å². The summed E-state index contributed by atoms with van der Waals surface area (Å²) in [7, 11) is 0. The first-order valence-corrected chi connectivity index (χ1v) is 5.97. The number of hydrogen-bond acceptors (Lipinski definition) is 4. The van der Waals surface area contributed by atoms with E-state index in [-0.39, 0.29) is 13.0 Å². The average Bonchev–Trinajstić information content (AvgIpc) is 2.80. The molecule has 0 bridgehead atoms. The van der Waals surface area contributed by atoms with Gasteiger partial charge in [0.1, 0.15) is 23.1 Å². The summed E-state index contributed by atoms with van der Waals surface area (Å²) in [5.74, 6) is -0.962. The van der Waals surface area contributed by atoms with Crippen LogP contribution in [0.2, 0.25) is 0 Å². The minimum atomic E-state index is -0.807. The van der Waals surface area contributed by atoms with Crippen molar-refractivity contribution in [2.24, 2.45) is 0 Å². The van der Waals surface area contributed by atoms with Gasteiger partial charge in [0.25, 0.3) is 0 Å². The van der Waals surface area contributed by atoms with Gasteiger partial charge in [0.2, 0.25) is 5.91 Å². The molecule has 2 rings (SSSR count). The van der Waals surface area contributed by atoms with Crippen LogP contribution in [0.1, 0.15) is 12.2 Å². The van der Waals surface area contributed by atoms with Crippen molar-refractivity contribution >= 4 is 17.4 Å². The molecule has 0 aliphatic carbocycles. The van der Waals surface area contributed by atoms with Crippen molar-refractivity contribution in [3.05, 3.63) is 41.7 Å². The molecule has 1 aromatic heterocycles. The third-order valence-corrected chi connectivity index (χ3v) is 2.51. The molecule has 0 unspecified atom stereocenters. The summed E-state index contributed by atoms with van der Waals surface area (Å²) in [6.45, 7) is 2.01. The second-order valence-electron chi connectivity index (χ2n) is 4.14. The number of benzene rings is 1. The lowest BCUT2D eigenvalue weighted by molar-refractivity contribution is -0.116. The number of halogens is 2. The Morgan fingerprint density at radius 2 is 2.05 bits per heavy atom. The van der Waals surface area contributed by atoms with Crippen LogP contribution in [0.15, 0.2) is 28.8 Å². The average molecular weight is 281 g/mol. The molecule has 0 fully saturated rings. The minimum Gasteiger partial charge on any atom is -0.367 e. The van der Waals surface area contributed by atoms with Crippen molar-refractivity contribution in [1.29, 1.82) is 0 Å². The van der Waals surface area contributed by atoms with Gasteiger partial charge in [0, 0.05) is 19.0 Å². The third-order valence-electron chi connectivity index (χ3n) is 2.51. The minimum absolute atomic E-state index is 0.0414. The number of nitrogens with zero attached hydrogens (tertiary/aromatic N) is 1. The first-order chi connectivity index (χ1) is 9.56. The predicted octanol–water partition coefficient (Wildman–Crippen LogP) is 2.70. The van der Waals surface area contributed by atoms with E-state index in [2.05, 4.69) is 15.8 Å². The second-order valence-corrected chi connectivity index (χ2v) is 4.14. The van der Waals surface area contributed by atoms with E-state index in [1.807, 2.05) is 0 Å². The van der Waals surface area contributed by atoms with E-state index >= 15 is 0 Å². The number of carbonyl (C=O) groups excluding carboxylic acids is 1. The van der Waals surface area contributed by atoms with Crippen LogP contribution in [-0.4, -0.2) is 17.6 Å². The SMILES string of the molecule is Cc1cc(NCCC(=O)Nc2c(F)cccc2F)no1. The molecule has 1 heterocycles. The smallest absolute Gasteiger partial charge is 0.226 e. The molecule has 0 radical (unpaired) electrons. The van der Waals surface area contributed by atoms with Gasteiger partial charge in [-0.1, -0.05) is 11.2 Å². The van der Waals surface area contributed by atoms with E-state index in [1.54, 1.807) is 13.0 Å². The molecule has 0 aliphatic heterocycles. The number of aromatic nitrogens is 1. The Morgan fingerprint density at radius 1 is 1.35 bits per heavy atom. The number of para-hydroxylation sites is 1. The van der Waals surface area contributed by atoms with E-state index in [9.17, 15) is 13.6 Å². The van der Waals surface area contributed by atoms with Gasteiger partial charge in [-0.3, -0.25) is 4.79 Å². The standard InChI is InChI=1S/C13H13F2N3O2/c1-8-7-11(18-20-8)16-6-5-12(19)17-13-9(14)3-2-4-10(13)15/h2-4,7H,5-6H2,1H3,(H,16,18)(H,17,19). The molecule has 1 aromatic carbocycles. The Balaban J connectivity index is 1.84. The van der Waals surface area contributed by atoms with Gasteiger partial charge < -0.3 is 15.2 Å². The molecule has 7 heteroatoms. The maximum Gasteiger partial charge on any atom is 0.226 e. The maximum atomic E-state index is 13.3. The molecule has 0 spiro atoms. The molecular formula is C13H13F2N3O2. The highest BCUT2D eigenvalue weighted by atomic mass is 19.1. The number of hydrogen-bond donors (Lipinski definition) is 2. The Kier molecular flexibility index (Phi) is 4.29. The Bertz CT molecular complexity index is 593. The summed E-state index contributed by atoms with van der Waals surface area (Å²) in [6.07, 6.45) is 0.0414. The number of anilines is 2. The van der Waals surface area contributed by atoms with Gasteiger partial charge in [-0.25, -0.2) is 8.78 Å². The largest absolute Gasteiger partial charge is 0.367 e. The summed E-state index contributed by atoms with van der Waals surface area (Å²) in [4.78, 5) is 11.6. The number of nitrogens with one attached hydrogen (secondary N) is 2. The van der Waals surface area contributed by atoms with E-state index in [0.29, 0.717) is 11.6 Å². The molecule has 0 saturated heterocycles. The van der Waals surface area contributed by atoms with Crippen molar-refractivity contribution in [1.82, 2.24) is 5.16 Å². The monoisotopic (exact) mass is 281 g/mol. The molecule has 0 atom stereocenters. The van der Waals surface area contributed by atoms with Gasteiger partial charge in [0.15, 0.2) is 5.82 Å². The zero-order chi connectivity index (χ0) is 14.5. The highest BCUT2D eigenvalue weighted by molar-refractivity contribution is 5.91. The summed E-state index contributed by atoms with van der Waals surface area (Å²) in [6, 6.07) is 5.06. The molecule has 0 saturated carbocycles. The van der Waals surface area contributed by atoms with Gasteiger partial charge in [-0.15, -0.1) is 0 Å². The van der Waals surface area contributed by atoms with Crippen molar-refractivity contribution in [2.75, 3.05) is 17.2 Å². The molecule has 0 aliphatic rings. The summed E-state index contributed by atoms with van der Waals surface area (Å²) < 4.78 is 31.5. The number of carbonyl (C=O) groups is 1. The van der Waals surface area contributed by atoms with Gasteiger partial charge in [-0.2, -0.15) is 0 Å². The van der Waals surface area contributed by atoms with Gasteiger partial charge in [0.05, 0.1) is 0 Å². The predicted molar refractivity (Wildman–Crippen MR) is 69.3 cm³/mol. The van der Waals surface area contributed by atoms with Crippen molar-refractivity contribution in [3.8, 4) is 0 Å². The van der Waals surface area contributed by atoms with E-state index in [4.69, 9.17) is 4.52 Å². The number of rotatable bonds is 5. The Labute approximate surface area is 114 Å². The normalized spacial score (nSPS) is 10.3. The third kappa shape index (κ3) is 3.53. The maximum absolute atomic E-state index is 13.3. The van der Waals surface area contributed by atoms with Crippen molar-refractivity contribution in [2.45, 2.75) is 13.3 Å². The van der Waals surface area contributed by atoms with E-state index in [1.165, 1.54) is 6.07 Å². The number of aryl methyl sites for hydroxylation is 1. The Hall–Kier alpha value is -2.44. The Morgan fingerprint density at radius 3 is 2.65 bits per heavy atom. The van der Waals surface area contributed by atoms with Crippen LogP contribution in [0.5, 0.6) is 0 Å². The fourth-order valence-electron chi connectivity index (χ4n) is 1.57. The number of amides is 1. The van der Waals surface area contributed by atoms with Crippen LogP contribution in [0.25, 0.3) is 0 Å². The van der Waals surface area contributed by atoms with Crippen LogP contribution in [-0.2, 0) is 4.79 Å². The fourth-order valence-corrected chi connectivity index (χ4v) is 1.57. The lowest BCUT2D eigenvalue weighted by Gasteiger charge is -2.07. The fraction of sp³-hybridized carbons (Fsp3) is 0.231. The molecule has 106 valence electrons. The first kappa shape index (κ1) is 14.0. The summed E-state index contributed by atoms with van der Waals surface area (Å²) in [5.41, 5.74) is -0.435. The van der Waals surface area contributed by atoms with Crippen molar-refractivity contribution < 1.29 is 18.1 Å². The van der Waals surface area contributed by atoms with Crippen LogP contribution in [0.3, 0.4) is 0 Å². The zero-order valence-electron chi connectivity index (χ0n) is 10.7. The molecule has 5 nitrogen and oxygen atoms in total. The van der Waals surface area contributed by atoms with Gasteiger partial charge >= 0.3 is 0 Å². The second kappa shape index (κ2) is 6.14. The lowest BCUT2D eigenvalue weighted by Crippen LogP contribution is -2.17. The van der Waals surface area contributed by atoms with Crippen LogP contribution >= 0.6 is 0 Å². The van der Waals surface area contributed by atoms with Crippen LogP contribution < -0.4 is 10.6 Å². The lowest BCUT2D eigenvalue weighted by atomic mass is 10.2. The van der Waals surface area contributed by atoms with Crippen LogP contribution in [0.4, 0.5) is 20.3 Å². The summed E-state index contributed by atoms with van der Waals surface area (Å²) in [5, 5.41) is 8.74. The molecule has 2 aromatic rings. The summed E-state index contributed by atoms with van der Waals surface area (Å²) >= 11 is 0. The van der Waals surface area contributed by atoms with Gasteiger partial charge in [-0.05, 0) is 19.1 Å². The highest BCUT2D eigenvalue weighted by Gasteiger charge is 2.11. The highest BCUT2D eigenvalue weighted by Crippen LogP contribution is 2.18. The molecular weight excluding hydrogens is 268 g/mol. The first-order valence-electron chi connectivity index (χ1n) is 5.97. The van der Waals surface area contributed by atoms with Crippen molar-refractivity contribution in [3.63, 3.8) is 0 Å². The molecule has 2 N–H and O–H groups in total. The quantitative estimate of drug-likeness (QED) is 0.884. The van der Waals surface area contributed by atoms with E-state index in [0.717, 1.165) is 12.1 Å². The van der Waals surface area contributed by atoms with Crippen LogP contribution in [0, 0.1) is 18.6 Å². The van der Waals surface area contributed by atoms with E-state index < -0.39 is 23.2 Å². The molecule has 20 heavy (non-hydrogen) atoms.